The summed E-state index contributed by atoms with van der Waals surface area (Å²) in [7, 11) is 0. The Morgan fingerprint density at radius 3 is 2.42 bits per heavy atom. The van der Waals surface area contributed by atoms with Crippen LogP contribution in [0.2, 0.25) is 0 Å². The Morgan fingerprint density at radius 2 is 1.71 bits per heavy atom. The summed E-state index contributed by atoms with van der Waals surface area (Å²) in [6.07, 6.45) is -1.23. The molecule has 1 unspecified atom stereocenters. The molecule has 2 aromatic carbocycles. The highest BCUT2D eigenvalue weighted by atomic mass is 19.3. The molecule has 0 aliphatic carbocycles. The van der Waals surface area contributed by atoms with Crippen molar-refractivity contribution in [2.24, 2.45) is 5.73 Å². The molecule has 24 heavy (non-hydrogen) atoms. The lowest BCUT2D eigenvalue weighted by atomic mass is 9.99. The predicted octanol–water partition coefficient (Wildman–Crippen LogP) is 1.08. The number of aliphatic hydroxyl groups is 1. The topological polar surface area (TPSA) is 104 Å². The predicted molar refractivity (Wildman–Crippen MR) is 84.4 cm³/mol. The summed E-state index contributed by atoms with van der Waals surface area (Å²) in [5.74, 6) is -5.30. The van der Waals surface area contributed by atoms with Gasteiger partial charge in [-0.3, -0.25) is 4.79 Å². The molecule has 3 amide bonds. The fraction of sp³-hybridized carbons (Fsp3) is 0.250. The number of alkyl halides is 2. The number of amides is 3. The summed E-state index contributed by atoms with van der Waals surface area (Å²) in [6, 6.07) is 9.96. The molecule has 0 aromatic heterocycles. The second kappa shape index (κ2) is 7.22. The second-order valence-electron chi connectivity index (χ2n) is 5.21. The third-order valence-electron chi connectivity index (χ3n) is 3.42. The van der Waals surface area contributed by atoms with Crippen molar-refractivity contribution in [3.63, 3.8) is 0 Å². The van der Waals surface area contributed by atoms with E-state index in [1.54, 1.807) is 24.3 Å². The fourth-order valence-corrected chi connectivity index (χ4v) is 2.23. The molecule has 0 heterocycles. The van der Waals surface area contributed by atoms with Crippen molar-refractivity contribution in [1.29, 1.82) is 0 Å². The zero-order valence-electron chi connectivity index (χ0n) is 12.6. The number of carbonyl (C=O) groups is 2. The van der Waals surface area contributed by atoms with Gasteiger partial charge >= 0.3 is 12.0 Å². The first kappa shape index (κ1) is 17.6. The molecule has 128 valence electrons. The average molecular weight is 337 g/mol. The van der Waals surface area contributed by atoms with Gasteiger partial charge in [-0.25, -0.2) is 4.79 Å². The van der Waals surface area contributed by atoms with Crippen LogP contribution >= 0.6 is 0 Å². The van der Waals surface area contributed by atoms with Gasteiger partial charge in [-0.2, -0.15) is 8.78 Å². The number of hydrogen-bond acceptors (Lipinski definition) is 3. The van der Waals surface area contributed by atoms with Crippen LogP contribution in [-0.4, -0.2) is 36.2 Å². The fourth-order valence-electron chi connectivity index (χ4n) is 2.23. The van der Waals surface area contributed by atoms with E-state index in [9.17, 15) is 23.5 Å². The monoisotopic (exact) mass is 337 g/mol. The quantitative estimate of drug-likeness (QED) is 0.634. The van der Waals surface area contributed by atoms with Crippen LogP contribution in [0.3, 0.4) is 0 Å². The first-order valence-electron chi connectivity index (χ1n) is 7.18. The van der Waals surface area contributed by atoms with Crippen LogP contribution in [0, 0.1) is 0 Å². The van der Waals surface area contributed by atoms with Gasteiger partial charge in [-0.15, -0.1) is 0 Å². The third-order valence-corrected chi connectivity index (χ3v) is 3.42. The van der Waals surface area contributed by atoms with Crippen molar-refractivity contribution in [3.05, 3.63) is 48.0 Å². The highest BCUT2D eigenvalue weighted by Crippen LogP contribution is 2.33. The lowest BCUT2D eigenvalue weighted by Gasteiger charge is -2.19. The van der Waals surface area contributed by atoms with Crippen LogP contribution < -0.4 is 16.4 Å². The molecule has 0 aliphatic heterocycles. The number of rotatable bonds is 6. The number of fused-ring (bicyclic) bond motifs is 1. The highest BCUT2D eigenvalue weighted by molar-refractivity contribution is 5.93. The average Bonchev–Trinajstić information content (AvgIpc) is 2.57. The molecule has 0 saturated heterocycles. The molecule has 1 atom stereocenters. The lowest BCUT2D eigenvalue weighted by molar-refractivity contribution is -0.147. The molecule has 2 aromatic rings. The minimum Gasteiger partial charge on any atom is -0.389 e. The van der Waals surface area contributed by atoms with Crippen molar-refractivity contribution in [2.75, 3.05) is 13.1 Å². The number of nitrogens with one attached hydrogen (secondary N) is 2. The molecule has 8 heteroatoms. The molecular weight excluding hydrogens is 320 g/mol. The Labute approximate surface area is 136 Å². The number of urea groups is 1. The van der Waals surface area contributed by atoms with Gasteiger partial charge in [0.1, 0.15) is 0 Å². The summed E-state index contributed by atoms with van der Waals surface area (Å²) in [4.78, 5) is 22.4. The number of halogens is 2. The van der Waals surface area contributed by atoms with Gasteiger partial charge in [0.15, 0.2) is 0 Å². The van der Waals surface area contributed by atoms with E-state index in [4.69, 9.17) is 5.73 Å². The van der Waals surface area contributed by atoms with Crippen molar-refractivity contribution in [3.8, 4) is 0 Å². The van der Waals surface area contributed by atoms with E-state index in [1.165, 1.54) is 18.2 Å². The number of benzene rings is 2. The molecule has 0 aliphatic rings. The van der Waals surface area contributed by atoms with Crippen LogP contribution in [0.1, 0.15) is 5.56 Å². The van der Waals surface area contributed by atoms with E-state index in [2.05, 4.69) is 5.32 Å². The van der Waals surface area contributed by atoms with Crippen molar-refractivity contribution < 1.29 is 23.5 Å². The molecule has 5 N–H and O–H groups in total. The largest absolute Gasteiger partial charge is 0.389 e. The van der Waals surface area contributed by atoms with E-state index in [0.29, 0.717) is 5.39 Å². The minimum absolute atomic E-state index is 0.255. The van der Waals surface area contributed by atoms with Crippen LogP contribution in [0.25, 0.3) is 10.8 Å². The van der Waals surface area contributed by atoms with Crippen LogP contribution in [-0.2, 0) is 10.7 Å². The third kappa shape index (κ3) is 3.96. The summed E-state index contributed by atoms with van der Waals surface area (Å²) in [6.45, 7) is -0.699. The molecule has 2 rings (SSSR count). The Kier molecular flexibility index (Phi) is 5.30. The van der Waals surface area contributed by atoms with Gasteiger partial charge in [0, 0.05) is 18.7 Å². The summed E-state index contributed by atoms with van der Waals surface area (Å²) in [5, 5.41) is 14.5. The van der Waals surface area contributed by atoms with Crippen LogP contribution in [0.4, 0.5) is 13.6 Å². The van der Waals surface area contributed by atoms with Crippen molar-refractivity contribution >= 4 is 22.7 Å². The molecule has 0 bridgehead atoms. The molecule has 0 radical (unpaired) electrons. The van der Waals surface area contributed by atoms with E-state index in [0.717, 1.165) is 0 Å². The van der Waals surface area contributed by atoms with Gasteiger partial charge in [0.05, 0.1) is 6.10 Å². The Bertz CT molecular complexity index is 747. The number of hydrogen-bond donors (Lipinski definition) is 4. The van der Waals surface area contributed by atoms with E-state index < -0.39 is 36.1 Å². The smallest absolute Gasteiger partial charge is 0.350 e. The SMILES string of the molecule is NC(=O)NCC(O)CNC(=O)C(F)(F)c1cccc2ccccc12. The first-order valence-corrected chi connectivity index (χ1v) is 7.18. The maximum Gasteiger partial charge on any atom is 0.350 e. The van der Waals surface area contributed by atoms with Crippen LogP contribution in [0.15, 0.2) is 42.5 Å². The molecule has 6 nitrogen and oxygen atoms in total. The zero-order valence-corrected chi connectivity index (χ0v) is 12.6. The Balaban J connectivity index is 2.11. The summed E-state index contributed by atoms with van der Waals surface area (Å²) >= 11 is 0. The van der Waals surface area contributed by atoms with Gasteiger partial charge in [0.25, 0.3) is 5.91 Å². The summed E-state index contributed by atoms with van der Waals surface area (Å²) < 4.78 is 28.9. The van der Waals surface area contributed by atoms with E-state index in [1.807, 2.05) is 5.32 Å². The number of nitrogens with two attached hydrogens (primary N) is 1. The van der Waals surface area contributed by atoms with Gasteiger partial charge < -0.3 is 21.5 Å². The Hall–Kier alpha value is -2.74. The maximum atomic E-state index is 14.5. The highest BCUT2D eigenvalue weighted by Gasteiger charge is 2.42. The van der Waals surface area contributed by atoms with Crippen molar-refractivity contribution in [1.82, 2.24) is 10.6 Å². The number of carbonyl (C=O) groups excluding carboxylic acids is 2. The van der Waals surface area contributed by atoms with Gasteiger partial charge in [0.2, 0.25) is 0 Å². The molecule has 0 fully saturated rings. The minimum atomic E-state index is -3.77. The normalized spacial score (nSPS) is 12.6. The number of aliphatic hydroxyl groups excluding tert-OH is 1. The van der Waals surface area contributed by atoms with E-state index in [-0.39, 0.29) is 11.9 Å². The second-order valence-corrected chi connectivity index (χ2v) is 5.21. The molecule has 0 saturated carbocycles. The van der Waals surface area contributed by atoms with Crippen molar-refractivity contribution in [2.45, 2.75) is 12.0 Å². The van der Waals surface area contributed by atoms with Crippen LogP contribution in [0.5, 0.6) is 0 Å². The first-order chi connectivity index (χ1) is 11.3. The van der Waals surface area contributed by atoms with Gasteiger partial charge in [-0.1, -0.05) is 42.5 Å². The lowest BCUT2D eigenvalue weighted by Crippen LogP contribution is -2.45. The number of primary amides is 1. The van der Waals surface area contributed by atoms with Gasteiger partial charge in [-0.05, 0) is 10.8 Å². The maximum absolute atomic E-state index is 14.5. The molecular formula is C16H17F2N3O3. The Morgan fingerprint density at radius 1 is 1.08 bits per heavy atom. The standard InChI is InChI=1S/C16H17F2N3O3/c17-16(18,14(23)20-8-11(22)9-21-15(19)24)13-7-3-5-10-4-1-2-6-12(10)13/h1-7,11,22H,8-9H2,(H,20,23)(H3,19,21,24). The summed E-state index contributed by atoms with van der Waals surface area (Å²) in [5.41, 5.74) is 4.41. The zero-order chi connectivity index (χ0) is 17.7. The van der Waals surface area contributed by atoms with E-state index >= 15 is 0 Å². The molecule has 0 spiro atoms.